The number of aromatic nitrogens is 12. The van der Waals surface area contributed by atoms with E-state index >= 15 is 0 Å². The number of anilines is 2. The fourth-order valence-electron chi connectivity index (χ4n) is 7.73. The molecule has 0 saturated carbocycles. The number of carbonyl (C=O) groups excluding carboxylic acids is 2. The van der Waals surface area contributed by atoms with Gasteiger partial charge < -0.3 is 69.0 Å². The molecule has 0 unspecified atom stereocenters. The summed E-state index contributed by atoms with van der Waals surface area (Å²) >= 11 is 11.3. The van der Waals surface area contributed by atoms with E-state index in [0.29, 0.717) is 64.4 Å². The van der Waals surface area contributed by atoms with Crippen LogP contribution in [0.2, 0.25) is 0 Å². The molecule has 48 nitrogen and oxygen atoms in total. The molecule has 0 aliphatic carbocycles. The number of halogens is 4. The first-order valence-electron chi connectivity index (χ1n) is 31.2. The minimum atomic E-state index is -4.67. The number of aryl methyl sites for hydroxylation is 7. The summed E-state index contributed by atoms with van der Waals surface area (Å²) in [5.41, 5.74) is 23.8. The number of ether oxygens (including phenoxy) is 3. The van der Waals surface area contributed by atoms with Gasteiger partial charge in [0.15, 0.2) is 21.3 Å². The zero-order valence-electron chi connectivity index (χ0n) is 62.9. The second-order valence-corrected chi connectivity index (χ2v) is 40.8. The van der Waals surface area contributed by atoms with Crippen molar-refractivity contribution in [1.29, 1.82) is 10.5 Å². The molecule has 14 N–H and O–H groups in total. The Morgan fingerprint density at radius 1 is 0.529 bits per heavy atom. The number of H-pyrrole nitrogens is 3. The average molecular weight is 2050 g/mol. The molecule has 0 saturated heterocycles. The first-order valence-corrected chi connectivity index (χ1v) is 41.1. The molecule has 0 aromatic carbocycles. The minimum absolute atomic E-state index is 0. The summed E-state index contributed by atoms with van der Waals surface area (Å²) in [7, 11) is -4.67. The van der Waals surface area contributed by atoms with E-state index in [4.69, 9.17) is 76.9 Å². The molecule has 0 spiro atoms. The van der Waals surface area contributed by atoms with E-state index in [0.717, 1.165) is 17.5 Å². The van der Waals surface area contributed by atoms with Crippen molar-refractivity contribution >= 4 is 156 Å². The van der Waals surface area contributed by atoms with E-state index < -0.39 is 73.6 Å². The molecule has 10 aromatic rings. The molecule has 0 atom stereocenters. The number of nitriles is 1. The maximum Gasteiger partial charge on any atom is 1.00 e. The minimum Gasteiger partial charge on any atom is -0.512 e. The summed E-state index contributed by atoms with van der Waals surface area (Å²) < 4.78 is 54.9. The number of nitro groups is 5. The van der Waals surface area contributed by atoms with Gasteiger partial charge in [0, 0.05) is 161 Å². The fraction of sp³-hybridized carbons (Fsp3) is 0.222. The van der Waals surface area contributed by atoms with E-state index in [1.807, 2.05) is 33.8 Å². The van der Waals surface area contributed by atoms with Crippen LogP contribution in [0.15, 0.2) is 130 Å². The molecule has 10 heterocycles. The molecule has 56 heteroatoms. The quantitative estimate of drug-likeness (QED) is 0.00707. The molecule has 644 valence electrons. The Morgan fingerprint density at radius 2 is 0.874 bits per heavy atom. The van der Waals surface area contributed by atoms with Crippen molar-refractivity contribution in [1.82, 2.24) is 59.8 Å². The monoisotopic (exact) mass is 2040 g/mol. The van der Waals surface area contributed by atoms with Gasteiger partial charge in [0.2, 0.25) is 17.2 Å². The summed E-state index contributed by atoms with van der Waals surface area (Å²) in [5, 5.41) is 75.4. The van der Waals surface area contributed by atoms with Gasteiger partial charge in [0.25, 0.3) is 32.7 Å². The van der Waals surface area contributed by atoms with Gasteiger partial charge in [-0.3, -0.25) is 88.2 Å². The smallest absolute Gasteiger partial charge is 0.512 e. The van der Waals surface area contributed by atoms with Crippen molar-refractivity contribution in [2.24, 2.45) is 11.5 Å². The van der Waals surface area contributed by atoms with Crippen LogP contribution in [0.3, 0.4) is 0 Å². The van der Waals surface area contributed by atoms with Crippen LogP contribution in [-0.2, 0) is 63.3 Å². The number of carboxylic acid groups (broad SMARTS) is 1. The van der Waals surface area contributed by atoms with E-state index in [1.54, 1.807) is 58.2 Å². The van der Waals surface area contributed by atoms with Crippen molar-refractivity contribution in [3.8, 4) is 6.07 Å². The van der Waals surface area contributed by atoms with Gasteiger partial charge in [-0.2, -0.15) is 13.7 Å². The molecular formula is C63H69Br4CuFeN23O25PS. The average Bonchev–Trinajstić information content (AvgIpc) is 0.800. The van der Waals surface area contributed by atoms with Crippen LogP contribution in [-0.4, -0.2) is 151 Å². The number of nitrogen functional groups attached to an aromatic ring is 2. The van der Waals surface area contributed by atoms with Crippen LogP contribution in [0.5, 0.6) is 0 Å². The number of hydrogen-bond acceptors (Lipinski definition) is 35. The van der Waals surface area contributed by atoms with E-state index in [-0.39, 0.29) is 112 Å². The Kier molecular flexibility index (Phi) is 55.5. The number of nitrogens with two attached hydrogens (primary N) is 4. The van der Waals surface area contributed by atoms with Crippen molar-refractivity contribution in [2.75, 3.05) is 31.3 Å². The zero-order chi connectivity index (χ0) is 90.4. The van der Waals surface area contributed by atoms with Gasteiger partial charge >= 0.3 is 67.4 Å². The first kappa shape index (κ1) is 114. The standard InChI is InChI=1S/C8H5N3O3.C8H7N3O.C7H7N3O3.C7H5N3O2.C7H9N3O.C7H16O3.C6H5BrN2O2.C6H7N3O2.C6H6N2O3.CN.Br3OP.Cu.Fe.H2O4S/c12-7-6-5(10-3-11-7)4(8(13)14)1-2-9-6;1-5-2-3-9-7-6(5)10-4-11-8(7)12;1-4-2-3-9-5(7(8)11)6(4)10(12)13;1-5-2-3-9-6(4-8)7(5)10(11)12;1-4-2-3-10-6(5(4)8)7(9)11;1-4-8-7(9-5-2)10-6-3;2*1-4-2-3-8-6(7)5(4)9(10)11;1-4-2-3-7-6(9)5(4)8(10)11;1-2;1-5(2,3)4;;;1-5(2,3)4/h1-3H,(H,13,14)(H,10,11,12);2-4H,1H3,(H,10,11,12);2-3H,1H3,(H2,8,11);2-3H,1H3;2-3H,8H2,1H3,(H2,9,11);7H,4-6H2,1-3H3;2-3H,1H3;2-3H,1H3,(H2,7,8);2-3H,1H3,(H,7,9);;;;;(H2,1,2,3,4)/q;;;;;;;;;-1;;+1;;. The van der Waals surface area contributed by atoms with Crippen LogP contribution < -0.4 is 39.6 Å². The van der Waals surface area contributed by atoms with Crippen LogP contribution >= 0.6 is 65.6 Å². The number of amides is 2. The normalized spacial score (nSPS) is 9.66. The van der Waals surface area contributed by atoms with Gasteiger partial charge in [0.05, 0.1) is 54.0 Å². The third-order valence-electron chi connectivity index (χ3n) is 12.7. The topological polar surface area (TPSA) is 773 Å². The third-order valence-corrected chi connectivity index (χ3v) is 13.3. The van der Waals surface area contributed by atoms with Crippen LogP contribution in [0.4, 0.5) is 39.9 Å². The second kappa shape index (κ2) is 58.1. The predicted molar refractivity (Wildman–Crippen MR) is 432 cm³/mol. The number of aromatic carboxylic acids is 1. The molecule has 0 radical (unpaired) electrons. The van der Waals surface area contributed by atoms with Crippen LogP contribution in [0.1, 0.15) is 96.7 Å². The molecule has 0 fully saturated rings. The number of pyridine rings is 8. The van der Waals surface area contributed by atoms with Crippen LogP contribution in [0.25, 0.3) is 22.1 Å². The Balaban J connectivity index is -0.000000614. The predicted octanol–water partition coefficient (Wildman–Crippen LogP) is 9.91. The summed E-state index contributed by atoms with van der Waals surface area (Å²) in [4.78, 5) is 155. The number of hydrogen-bond donors (Lipinski definition) is 10. The van der Waals surface area contributed by atoms with Crippen molar-refractivity contribution in [3.63, 3.8) is 0 Å². The third kappa shape index (κ3) is 43.3. The first-order chi connectivity index (χ1) is 54.5. The number of aromatic amines is 3. The molecule has 0 aliphatic rings. The van der Waals surface area contributed by atoms with Gasteiger partial charge in [-0.05, 0) is 145 Å². The number of primary amides is 2. The molecule has 10 rings (SSSR count). The number of rotatable bonds is 14. The summed E-state index contributed by atoms with van der Waals surface area (Å²) in [6.45, 7) is 23.4. The number of nitrogens with zero attached hydrogens (tertiary/aromatic N) is 16. The Bertz CT molecular complexity index is 5410. The van der Waals surface area contributed by atoms with E-state index in [2.05, 4.69) is 122 Å². The zero-order valence-corrected chi connectivity index (χ0v) is 73.0. The van der Waals surface area contributed by atoms with Crippen molar-refractivity contribution in [3.05, 3.63) is 265 Å². The molecule has 0 bridgehead atoms. The Morgan fingerprint density at radius 3 is 1.21 bits per heavy atom. The molecule has 0 aliphatic heterocycles. The molecule has 10 aromatic heterocycles. The fourth-order valence-corrected chi connectivity index (χ4v) is 8.31. The van der Waals surface area contributed by atoms with Gasteiger partial charge in [-0.1, -0.05) is 0 Å². The molecule has 2 amide bonds. The van der Waals surface area contributed by atoms with Crippen LogP contribution in [0, 0.1) is 122 Å². The number of carbonyl (C=O) groups is 3. The van der Waals surface area contributed by atoms with Crippen molar-refractivity contribution in [2.45, 2.75) is 75.7 Å². The maximum absolute atomic E-state index is 11.2. The van der Waals surface area contributed by atoms with E-state index in [1.165, 1.54) is 87.8 Å². The summed E-state index contributed by atoms with van der Waals surface area (Å²) in [6.07, 6.45) is 13.9. The Hall–Kier alpha value is -11.8. The SMILES string of the molecule is CCOC(OCC)OCC.Cc1cc[nH]c(=O)c1[N+](=O)[O-].Cc1ccnc(Br)c1[N+](=O)[O-].Cc1ccnc(C#N)c1[N+](=O)[O-].Cc1ccnc(C(N)=O)c1N.Cc1ccnc(C(N)=O)c1[N+](=O)[O-].Cc1ccnc(N)c1[N+](=O)[O-].Cc1ccnc2c(=O)[nH]cnc12.O=C(O)c1ccnc2c(=O)[nH]cnc12.O=P(Br)(Br)Br.O=S(=O)(O)O.[C-]#N.[Cu+].[Fe]. The number of carboxylic acids is 1. The molecular weight excluding hydrogens is 1980 g/mol. The summed E-state index contributed by atoms with van der Waals surface area (Å²) in [6, 6.07) is 14.1. The maximum atomic E-state index is 11.2. The number of nitrogens with one attached hydrogen (secondary N) is 3. The molecule has 119 heavy (non-hydrogen) atoms. The van der Waals surface area contributed by atoms with Crippen molar-refractivity contribution < 1.29 is 115 Å². The van der Waals surface area contributed by atoms with E-state index in [9.17, 15) is 83.9 Å². The number of fused-ring (bicyclic) bond motifs is 2. The van der Waals surface area contributed by atoms with Gasteiger partial charge in [-0.25, -0.2) is 49.7 Å². The second-order valence-electron chi connectivity index (χ2n) is 20.8. The van der Waals surface area contributed by atoms with Gasteiger partial charge in [-0.15, -0.1) is 0 Å². The summed E-state index contributed by atoms with van der Waals surface area (Å²) in [5.74, 6) is -2.65. The largest absolute Gasteiger partial charge is 1.00 e. The van der Waals surface area contributed by atoms with Gasteiger partial charge in [0.1, 0.15) is 11.6 Å². The Labute approximate surface area is 725 Å².